The number of aliphatic hydroxyl groups excluding tert-OH is 1. The number of thiophene rings is 1. The lowest BCUT2D eigenvalue weighted by atomic mass is 10.3. The summed E-state index contributed by atoms with van der Waals surface area (Å²) in [6.45, 7) is 4.77. The molecule has 2 heterocycles. The van der Waals surface area contributed by atoms with Gasteiger partial charge in [-0.25, -0.2) is 4.98 Å². The second-order valence-electron chi connectivity index (χ2n) is 3.79. The van der Waals surface area contributed by atoms with Gasteiger partial charge >= 0.3 is 0 Å². The number of nitrogens with one attached hydrogen (secondary N) is 2. The van der Waals surface area contributed by atoms with E-state index in [0.717, 1.165) is 22.6 Å². The van der Waals surface area contributed by atoms with Gasteiger partial charge in [-0.05, 0) is 25.3 Å². The first kappa shape index (κ1) is 12.1. The highest BCUT2D eigenvalue weighted by atomic mass is 32.1. The van der Waals surface area contributed by atoms with Crippen LogP contribution in [0.2, 0.25) is 0 Å². The van der Waals surface area contributed by atoms with E-state index in [-0.39, 0.29) is 12.6 Å². The van der Waals surface area contributed by atoms with Crippen LogP contribution in [0.25, 0.3) is 10.2 Å². The molecule has 0 aliphatic carbocycles. The number of fused-ring (bicyclic) bond motifs is 1. The van der Waals surface area contributed by atoms with Gasteiger partial charge in [-0.2, -0.15) is 4.98 Å². The predicted octanol–water partition coefficient (Wildman–Crippen LogP) is 1.92. The lowest BCUT2D eigenvalue weighted by molar-refractivity contribution is 0.281. The van der Waals surface area contributed by atoms with Crippen LogP contribution in [0.3, 0.4) is 0 Å². The number of aliphatic hydroxyl groups is 1. The Hall–Kier alpha value is -1.40. The number of nitrogens with zero attached hydrogens (tertiary/aromatic N) is 2. The zero-order valence-corrected chi connectivity index (χ0v) is 10.7. The monoisotopic (exact) mass is 252 g/mol. The summed E-state index contributed by atoms with van der Waals surface area (Å²) >= 11 is 1.60. The highest BCUT2D eigenvalue weighted by molar-refractivity contribution is 7.17. The molecule has 17 heavy (non-hydrogen) atoms. The van der Waals surface area contributed by atoms with Crippen molar-refractivity contribution in [3.8, 4) is 0 Å². The molecule has 0 spiro atoms. The minimum atomic E-state index is -0.0234. The molecule has 0 aliphatic rings. The molecule has 0 bridgehead atoms. The summed E-state index contributed by atoms with van der Waals surface area (Å²) in [4.78, 5) is 8.82. The van der Waals surface area contributed by atoms with Gasteiger partial charge in [0.2, 0.25) is 5.95 Å². The molecule has 0 saturated carbocycles. The van der Waals surface area contributed by atoms with E-state index in [1.54, 1.807) is 11.3 Å². The van der Waals surface area contributed by atoms with Gasteiger partial charge in [0.1, 0.15) is 5.82 Å². The van der Waals surface area contributed by atoms with Crippen LogP contribution in [0.15, 0.2) is 11.4 Å². The maximum absolute atomic E-state index is 9.07. The number of rotatable bonds is 5. The van der Waals surface area contributed by atoms with Crippen LogP contribution in [0.4, 0.5) is 11.8 Å². The van der Waals surface area contributed by atoms with E-state index >= 15 is 0 Å². The molecule has 3 N–H and O–H groups in total. The minimum Gasteiger partial charge on any atom is -0.394 e. The van der Waals surface area contributed by atoms with Crippen molar-refractivity contribution in [2.24, 2.45) is 0 Å². The summed E-state index contributed by atoms with van der Waals surface area (Å²) in [5.41, 5.74) is 0.925. The molecular weight excluding hydrogens is 236 g/mol. The summed E-state index contributed by atoms with van der Waals surface area (Å²) < 4.78 is 1.02. The molecule has 1 unspecified atom stereocenters. The first-order chi connectivity index (χ1) is 8.24. The molecule has 0 radical (unpaired) electrons. The summed E-state index contributed by atoms with van der Waals surface area (Å²) in [5.74, 6) is 1.40. The largest absolute Gasteiger partial charge is 0.394 e. The molecular formula is C11H16N4OS. The number of anilines is 2. The molecule has 92 valence electrons. The van der Waals surface area contributed by atoms with Crippen molar-refractivity contribution in [2.45, 2.75) is 19.9 Å². The van der Waals surface area contributed by atoms with Crippen LogP contribution >= 0.6 is 11.3 Å². The average molecular weight is 252 g/mol. The topological polar surface area (TPSA) is 70.1 Å². The van der Waals surface area contributed by atoms with Gasteiger partial charge in [-0.15, -0.1) is 11.3 Å². The lowest BCUT2D eigenvalue weighted by Crippen LogP contribution is -2.20. The Morgan fingerprint density at radius 2 is 2.29 bits per heavy atom. The van der Waals surface area contributed by atoms with E-state index < -0.39 is 0 Å². The maximum Gasteiger partial charge on any atom is 0.225 e. The van der Waals surface area contributed by atoms with Crippen molar-refractivity contribution in [3.63, 3.8) is 0 Å². The van der Waals surface area contributed by atoms with Gasteiger partial charge < -0.3 is 15.7 Å². The summed E-state index contributed by atoms with van der Waals surface area (Å²) in [7, 11) is 0. The van der Waals surface area contributed by atoms with Crippen molar-refractivity contribution < 1.29 is 5.11 Å². The van der Waals surface area contributed by atoms with Crippen molar-refractivity contribution in [1.29, 1.82) is 0 Å². The molecule has 0 amide bonds. The summed E-state index contributed by atoms with van der Waals surface area (Å²) in [6.07, 6.45) is 0. The SMILES string of the molecule is CCNc1nc(NC(C)CO)c2sccc2n1. The van der Waals surface area contributed by atoms with E-state index in [9.17, 15) is 0 Å². The highest BCUT2D eigenvalue weighted by Crippen LogP contribution is 2.27. The maximum atomic E-state index is 9.07. The Labute approximate surface area is 104 Å². The first-order valence-corrected chi connectivity index (χ1v) is 6.49. The van der Waals surface area contributed by atoms with E-state index in [4.69, 9.17) is 5.11 Å². The van der Waals surface area contributed by atoms with Crippen molar-refractivity contribution in [2.75, 3.05) is 23.8 Å². The van der Waals surface area contributed by atoms with Gasteiger partial charge in [0.25, 0.3) is 0 Å². The molecule has 2 aromatic heterocycles. The zero-order valence-electron chi connectivity index (χ0n) is 9.90. The van der Waals surface area contributed by atoms with Crippen LogP contribution in [0.5, 0.6) is 0 Å². The Morgan fingerprint density at radius 3 is 3.00 bits per heavy atom. The van der Waals surface area contributed by atoms with Crippen LogP contribution in [0.1, 0.15) is 13.8 Å². The number of hydrogen-bond acceptors (Lipinski definition) is 6. The van der Waals surface area contributed by atoms with Crippen LogP contribution in [-0.2, 0) is 0 Å². The fourth-order valence-corrected chi connectivity index (χ4v) is 2.26. The molecule has 0 saturated heterocycles. The minimum absolute atomic E-state index is 0.0234. The Kier molecular flexibility index (Phi) is 3.75. The normalized spacial score (nSPS) is 12.6. The second kappa shape index (κ2) is 5.29. The molecule has 1 atom stereocenters. The fraction of sp³-hybridized carbons (Fsp3) is 0.455. The van der Waals surface area contributed by atoms with Crippen LogP contribution < -0.4 is 10.6 Å². The summed E-state index contributed by atoms with van der Waals surface area (Å²) in [5, 5.41) is 17.4. The fourth-order valence-electron chi connectivity index (χ4n) is 1.48. The van der Waals surface area contributed by atoms with Gasteiger partial charge in [0, 0.05) is 12.6 Å². The lowest BCUT2D eigenvalue weighted by Gasteiger charge is -2.13. The molecule has 2 aromatic rings. The molecule has 0 aliphatic heterocycles. The first-order valence-electron chi connectivity index (χ1n) is 5.61. The van der Waals surface area contributed by atoms with Gasteiger partial charge in [0.15, 0.2) is 0 Å². The van der Waals surface area contributed by atoms with Crippen molar-refractivity contribution in [1.82, 2.24) is 9.97 Å². The molecule has 0 fully saturated rings. The Bertz CT molecular complexity index is 499. The highest BCUT2D eigenvalue weighted by Gasteiger charge is 2.10. The molecule has 2 rings (SSSR count). The van der Waals surface area contributed by atoms with Crippen molar-refractivity contribution in [3.05, 3.63) is 11.4 Å². The van der Waals surface area contributed by atoms with Crippen molar-refractivity contribution >= 4 is 33.3 Å². The predicted molar refractivity (Wildman–Crippen MR) is 71.7 cm³/mol. The molecule has 5 nitrogen and oxygen atoms in total. The summed E-state index contributed by atoms with van der Waals surface area (Å²) in [6, 6.07) is 1.95. The third-order valence-corrected chi connectivity index (χ3v) is 3.21. The van der Waals surface area contributed by atoms with Gasteiger partial charge in [-0.3, -0.25) is 0 Å². The van der Waals surface area contributed by atoms with E-state index in [2.05, 4.69) is 20.6 Å². The molecule has 6 heteroatoms. The van der Waals surface area contributed by atoms with Gasteiger partial charge in [0.05, 0.1) is 16.8 Å². The Morgan fingerprint density at radius 1 is 1.47 bits per heavy atom. The quantitative estimate of drug-likeness (QED) is 0.758. The second-order valence-corrected chi connectivity index (χ2v) is 4.71. The van der Waals surface area contributed by atoms with Gasteiger partial charge in [-0.1, -0.05) is 0 Å². The number of hydrogen-bond donors (Lipinski definition) is 3. The Balaban J connectivity index is 2.39. The average Bonchev–Trinajstić information content (AvgIpc) is 2.77. The van der Waals surface area contributed by atoms with E-state index in [1.807, 2.05) is 25.3 Å². The van der Waals surface area contributed by atoms with E-state index in [1.165, 1.54) is 0 Å². The zero-order chi connectivity index (χ0) is 12.3. The number of aromatic nitrogens is 2. The van der Waals surface area contributed by atoms with E-state index in [0.29, 0.717) is 5.95 Å². The third-order valence-electron chi connectivity index (χ3n) is 2.30. The van der Waals surface area contributed by atoms with Crippen LogP contribution in [-0.4, -0.2) is 34.3 Å². The standard InChI is InChI=1S/C11H16N4OS/c1-3-12-11-14-8-4-5-17-9(8)10(15-11)13-7(2)6-16/h4-5,7,16H,3,6H2,1-2H3,(H2,12,13,14,15). The third kappa shape index (κ3) is 2.65. The smallest absolute Gasteiger partial charge is 0.225 e. The van der Waals surface area contributed by atoms with Crippen LogP contribution in [0, 0.1) is 0 Å². The molecule has 0 aromatic carbocycles.